The lowest BCUT2D eigenvalue weighted by Crippen LogP contribution is -2.30. The SMILES string of the molecule is C[C@@H](c1ccccc1)N(C)C(=O)CCc1nc2sc3c(c2c(=O)[nH]1)CCC3. The minimum absolute atomic E-state index is 0.00783. The fourth-order valence-corrected chi connectivity index (χ4v) is 5.02. The Morgan fingerprint density at radius 1 is 1.30 bits per heavy atom. The van der Waals surface area contributed by atoms with E-state index in [1.807, 2.05) is 44.3 Å². The number of benzene rings is 1. The predicted molar refractivity (Wildman–Crippen MR) is 108 cm³/mol. The summed E-state index contributed by atoms with van der Waals surface area (Å²) in [6.07, 6.45) is 3.91. The lowest BCUT2D eigenvalue weighted by molar-refractivity contribution is -0.131. The molecule has 1 aliphatic rings. The molecule has 1 aliphatic carbocycles. The molecule has 27 heavy (non-hydrogen) atoms. The largest absolute Gasteiger partial charge is 0.339 e. The molecule has 0 aliphatic heterocycles. The normalized spacial score (nSPS) is 14.3. The van der Waals surface area contributed by atoms with Gasteiger partial charge in [0.25, 0.3) is 5.56 Å². The summed E-state index contributed by atoms with van der Waals surface area (Å²) in [6, 6.07) is 9.98. The number of H-pyrrole nitrogens is 1. The van der Waals surface area contributed by atoms with E-state index in [0.29, 0.717) is 18.7 Å². The molecule has 3 aromatic rings. The van der Waals surface area contributed by atoms with Crippen LogP contribution in [-0.4, -0.2) is 27.8 Å². The summed E-state index contributed by atoms with van der Waals surface area (Å²) in [4.78, 5) is 36.5. The third-order valence-corrected chi connectivity index (χ3v) is 6.64. The number of amides is 1. The molecule has 0 radical (unpaired) electrons. The Balaban J connectivity index is 1.47. The molecular formula is C21H23N3O2S. The van der Waals surface area contributed by atoms with Crippen molar-refractivity contribution in [3.8, 4) is 0 Å². The van der Waals surface area contributed by atoms with E-state index >= 15 is 0 Å². The van der Waals surface area contributed by atoms with Crippen LogP contribution in [0.1, 0.15) is 47.6 Å². The van der Waals surface area contributed by atoms with Crippen LogP contribution in [0.25, 0.3) is 10.2 Å². The van der Waals surface area contributed by atoms with Crippen LogP contribution >= 0.6 is 11.3 Å². The summed E-state index contributed by atoms with van der Waals surface area (Å²) in [7, 11) is 1.82. The van der Waals surface area contributed by atoms with Gasteiger partial charge in [-0.1, -0.05) is 30.3 Å². The Kier molecular flexibility index (Phi) is 4.83. The molecule has 6 heteroatoms. The monoisotopic (exact) mass is 381 g/mol. The van der Waals surface area contributed by atoms with Crippen molar-refractivity contribution in [1.82, 2.24) is 14.9 Å². The van der Waals surface area contributed by atoms with E-state index in [9.17, 15) is 9.59 Å². The first-order chi connectivity index (χ1) is 13.0. The smallest absolute Gasteiger partial charge is 0.259 e. The summed E-state index contributed by atoms with van der Waals surface area (Å²) in [5, 5.41) is 0.761. The van der Waals surface area contributed by atoms with Crippen LogP contribution in [0.5, 0.6) is 0 Å². The number of fused-ring (bicyclic) bond motifs is 3. The minimum Gasteiger partial charge on any atom is -0.339 e. The molecule has 0 unspecified atom stereocenters. The molecule has 1 aromatic carbocycles. The van der Waals surface area contributed by atoms with Gasteiger partial charge in [0.1, 0.15) is 10.7 Å². The number of hydrogen-bond acceptors (Lipinski definition) is 4. The average Bonchev–Trinajstić information content (AvgIpc) is 3.26. The lowest BCUT2D eigenvalue weighted by atomic mass is 10.1. The van der Waals surface area contributed by atoms with Crippen molar-refractivity contribution in [2.45, 2.75) is 45.1 Å². The molecule has 140 valence electrons. The second-order valence-corrected chi connectivity index (χ2v) is 8.23. The van der Waals surface area contributed by atoms with Crippen LogP contribution in [0.3, 0.4) is 0 Å². The third-order valence-electron chi connectivity index (χ3n) is 5.46. The highest BCUT2D eigenvalue weighted by molar-refractivity contribution is 7.18. The molecule has 0 fully saturated rings. The number of nitrogens with zero attached hydrogens (tertiary/aromatic N) is 2. The maximum Gasteiger partial charge on any atom is 0.259 e. The van der Waals surface area contributed by atoms with Crippen molar-refractivity contribution in [3.05, 3.63) is 62.5 Å². The van der Waals surface area contributed by atoms with Crippen molar-refractivity contribution in [1.29, 1.82) is 0 Å². The van der Waals surface area contributed by atoms with Gasteiger partial charge in [0.15, 0.2) is 0 Å². The zero-order valence-corrected chi connectivity index (χ0v) is 16.4. The van der Waals surface area contributed by atoms with E-state index in [2.05, 4.69) is 9.97 Å². The standard InChI is InChI=1S/C21H23N3O2S/c1-13(14-7-4-3-5-8-14)24(2)18(25)12-11-17-22-20(26)19-15-9-6-10-16(15)27-21(19)23-17/h3-5,7-8,13H,6,9-12H2,1-2H3,(H,22,23,26)/t13-/m0/s1. The van der Waals surface area contributed by atoms with Crippen molar-refractivity contribution >= 4 is 27.5 Å². The summed E-state index contributed by atoms with van der Waals surface area (Å²) >= 11 is 1.63. The first-order valence-corrected chi connectivity index (χ1v) is 10.2. The van der Waals surface area contributed by atoms with Crippen LogP contribution in [-0.2, 0) is 24.1 Å². The van der Waals surface area contributed by atoms with Crippen molar-refractivity contribution in [2.24, 2.45) is 0 Å². The van der Waals surface area contributed by atoms with Gasteiger partial charge in [-0.25, -0.2) is 4.98 Å². The highest BCUT2D eigenvalue weighted by atomic mass is 32.1. The van der Waals surface area contributed by atoms with Crippen LogP contribution in [0.15, 0.2) is 35.1 Å². The molecular weight excluding hydrogens is 358 g/mol. The second kappa shape index (κ2) is 7.27. The van der Waals surface area contributed by atoms with Gasteiger partial charge >= 0.3 is 0 Å². The van der Waals surface area contributed by atoms with Gasteiger partial charge in [-0.15, -0.1) is 11.3 Å². The van der Waals surface area contributed by atoms with Crippen LogP contribution in [0.2, 0.25) is 0 Å². The van der Waals surface area contributed by atoms with Crippen molar-refractivity contribution in [3.63, 3.8) is 0 Å². The molecule has 0 spiro atoms. The molecule has 1 atom stereocenters. The van der Waals surface area contributed by atoms with Crippen LogP contribution in [0, 0.1) is 0 Å². The van der Waals surface area contributed by atoms with Crippen LogP contribution in [0.4, 0.5) is 0 Å². The Bertz CT molecular complexity index is 1040. The maximum absolute atomic E-state index is 12.6. The summed E-state index contributed by atoms with van der Waals surface area (Å²) < 4.78 is 0. The third kappa shape index (κ3) is 3.41. The fraction of sp³-hybridized carbons (Fsp3) is 0.381. The number of carbonyl (C=O) groups is 1. The first-order valence-electron chi connectivity index (χ1n) is 9.38. The lowest BCUT2D eigenvalue weighted by Gasteiger charge is -2.25. The molecule has 1 N–H and O–H groups in total. The topological polar surface area (TPSA) is 66.1 Å². The molecule has 0 saturated heterocycles. The second-order valence-electron chi connectivity index (χ2n) is 7.14. The number of aromatic amines is 1. The Morgan fingerprint density at radius 3 is 2.85 bits per heavy atom. The van der Waals surface area contributed by atoms with E-state index in [4.69, 9.17) is 0 Å². The molecule has 0 saturated carbocycles. The van der Waals surface area contributed by atoms with Crippen LogP contribution < -0.4 is 5.56 Å². The van der Waals surface area contributed by atoms with Gasteiger partial charge in [-0.05, 0) is 37.3 Å². The zero-order chi connectivity index (χ0) is 19.0. The van der Waals surface area contributed by atoms with Gasteiger partial charge in [0.2, 0.25) is 5.91 Å². The van der Waals surface area contributed by atoms with Crippen molar-refractivity contribution in [2.75, 3.05) is 7.05 Å². The number of aryl methyl sites for hydroxylation is 3. The zero-order valence-electron chi connectivity index (χ0n) is 15.6. The number of nitrogens with one attached hydrogen (secondary N) is 1. The number of carbonyl (C=O) groups excluding carboxylic acids is 1. The van der Waals surface area contributed by atoms with E-state index < -0.39 is 0 Å². The Morgan fingerprint density at radius 2 is 2.07 bits per heavy atom. The minimum atomic E-state index is -0.0622. The first kappa shape index (κ1) is 17.9. The average molecular weight is 382 g/mol. The number of rotatable bonds is 5. The Labute approximate surface area is 162 Å². The van der Waals surface area contributed by atoms with Gasteiger partial charge in [-0.2, -0.15) is 0 Å². The molecule has 5 nitrogen and oxygen atoms in total. The van der Waals surface area contributed by atoms with Crippen molar-refractivity contribution < 1.29 is 4.79 Å². The summed E-state index contributed by atoms with van der Waals surface area (Å²) in [5.41, 5.74) is 2.23. The number of hydrogen-bond donors (Lipinski definition) is 1. The summed E-state index contributed by atoms with van der Waals surface area (Å²) in [6.45, 7) is 2.02. The van der Waals surface area contributed by atoms with E-state index in [1.54, 1.807) is 16.2 Å². The summed E-state index contributed by atoms with van der Waals surface area (Å²) in [5.74, 6) is 0.643. The molecule has 0 bridgehead atoms. The predicted octanol–water partition coefficient (Wildman–Crippen LogP) is 3.63. The van der Waals surface area contributed by atoms with Gasteiger partial charge < -0.3 is 9.88 Å². The van der Waals surface area contributed by atoms with E-state index in [-0.39, 0.29) is 17.5 Å². The molecule has 2 heterocycles. The molecule has 4 rings (SSSR count). The highest BCUT2D eigenvalue weighted by Crippen LogP contribution is 2.34. The van der Waals surface area contributed by atoms with E-state index in [1.165, 1.54) is 10.4 Å². The van der Waals surface area contributed by atoms with Gasteiger partial charge in [0.05, 0.1) is 11.4 Å². The highest BCUT2D eigenvalue weighted by Gasteiger charge is 2.22. The van der Waals surface area contributed by atoms with Gasteiger partial charge in [0, 0.05) is 24.8 Å². The quantitative estimate of drug-likeness (QED) is 0.734. The molecule has 1 amide bonds. The van der Waals surface area contributed by atoms with Gasteiger partial charge in [-0.3, -0.25) is 9.59 Å². The number of aromatic nitrogens is 2. The Hall–Kier alpha value is -2.47. The fourth-order valence-electron chi connectivity index (χ4n) is 3.74. The molecule has 2 aromatic heterocycles. The van der Waals surface area contributed by atoms with E-state index in [0.717, 1.165) is 35.0 Å². The number of thiophene rings is 1. The maximum atomic E-state index is 12.6.